The van der Waals surface area contributed by atoms with Gasteiger partial charge in [0.1, 0.15) is 6.04 Å². The van der Waals surface area contributed by atoms with Crippen LogP contribution >= 0.6 is 12.0 Å². The molecule has 35 heavy (non-hydrogen) atoms. The molecule has 5 rings (SSSR count). The van der Waals surface area contributed by atoms with Crippen LogP contribution in [0.25, 0.3) is 0 Å². The molecule has 2 bridgehead atoms. The molecule has 3 aliphatic heterocycles. The highest BCUT2D eigenvalue weighted by molar-refractivity contribution is 7.94. The average molecular weight is 501 g/mol. The van der Waals surface area contributed by atoms with E-state index >= 15 is 0 Å². The van der Waals surface area contributed by atoms with Crippen LogP contribution in [-0.4, -0.2) is 89.5 Å². The largest absolute Gasteiger partial charge is 0.330 e. The molecule has 1 unspecified atom stereocenters. The molecule has 2 amide bonds. The zero-order valence-corrected chi connectivity index (χ0v) is 20.9. The van der Waals surface area contributed by atoms with Gasteiger partial charge in [-0.3, -0.25) is 14.5 Å². The molecule has 1 aromatic rings. The van der Waals surface area contributed by atoms with Crippen LogP contribution in [0.4, 0.5) is 0 Å². The minimum absolute atomic E-state index is 0.0870. The van der Waals surface area contributed by atoms with E-state index in [2.05, 4.69) is 28.0 Å². The third-order valence-corrected chi connectivity index (χ3v) is 8.13. The maximum absolute atomic E-state index is 13.4. The summed E-state index contributed by atoms with van der Waals surface area (Å²) in [7, 11) is 3.50. The van der Waals surface area contributed by atoms with Crippen LogP contribution in [0.15, 0.2) is 23.1 Å². The van der Waals surface area contributed by atoms with E-state index in [0.717, 1.165) is 37.1 Å². The summed E-state index contributed by atoms with van der Waals surface area (Å²) in [6, 6.07) is 7.32. The molecule has 188 valence electrons. The molecule has 10 nitrogen and oxygen atoms in total. The maximum Gasteiger partial charge on any atom is 0.241 e. The number of amides is 2. The van der Waals surface area contributed by atoms with Crippen LogP contribution < -0.4 is 5.73 Å². The summed E-state index contributed by atoms with van der Waals surface area (Å²) in [5, 5.41) is 10.8. The molecule has 3 saturated heterocycles. The number of hydroxylamine groups is 2. The molecular weight excluding hydrogens is 468 g/mol. The molecule has 1 aliphatic carbocycles. The van der Waals surface area contributed by atoms with E-state index < -0.39 is 6.04 Å². The van der Waals surface area contributed by atoms with Crippen LogP contribution in [0.5, 0.6) is 0 Å². The first-order chi connectivity index (χ1) is 16.9. The van der Waals surface area contributed by atoms with Crippen molar-refractivity contribution < 1.29 is 18.9 Å². The average Bonchev–Trinajstić information content (AvgIpc) is 3.61. The summed E-state index contributed by atoms with van der Waals surface area (Å²) in [5.74, 6) is -0.0459. The molecule has 2 N–H and O–H groups in total. The Morgan fingerprint density at radius 2 is 2.17 bits per heavy atom. The standard InChI is InChI=1S/C24H32N6O4S/c1-27(2)33-34-35-18-6-7-19-15(10-18)5-8-21(19)30-17-11-22(24(30)32)28(13-17)14-20(26)23(31)29-9-3-4-16(29)12-25/h6-7,10,16-17,20-22H,3-5,8-9,11,13-14,26H2,1-2H3/t16-,17?,20-,21+,22-/m0/s1. The number of carbonyl (C=O) groups is 2. The molecular formula is C24H32N6O4S. The van der Waals surface area contributed by atoms with E-state index in [-0.39, 0.29) is 36.0 Å². The third kappa shape index (κ3) is 4.67. The van der Waals surface area contributed by atoms with Crippen LogP contribution in [-0.2, 0) is 25.3 Å². The van der Waals surface area contributed by atoms with Crippen molar-refractivity contribution in [3.8, 4) is 6.07 Å². The molecule has 1 aromatic carbocycles. The zero-order chi connectivity index (χ0) is 24.7. The predicted octanol–water partition coefficient (Wildman–Crippen LogP) is 1.23. The Morgan fingerprint density at radius 3 is 2.91 bits per heavy atom. The Morgan fingerprint density at radius 1 is 1.34 bits per heavy atom. The lowest BCUT2D eigenvalue weighted by molar-refractivity contribution is -0.340. The van der Waals surface area contributed by atoms with Crippen molar-refractivity contribution in [2.45, 2.75) is 67.2 Å². The van der Waals surface area contributed by atoms with Gasteiger partial charge in [0.2, 0.25) is 11.8 Å². The van der Waals surface area contributed by atoms with Crippen molar-refractivity contribution in [1.82, 2.24) is 19.8 Å². The fraction of sp³-hybridized carbons (Fsp3) is 0.625. The first-order valence-electron chi connectivity index (χ1n) is 12.2. The van der Waals surface area contributed by atoms with Crippen LogP contribution in [0.3, 0.4) is 0 Å². The number of fused-ring (bicyclic) bond motifs is 3. The van der Waals surface area contributed by atoms with Gasteiger partial charge < -0.3 is 15.5 Å². The van der Waals surface area contributed by atoms with E-state index in [1.165, 1.54) is 28.2 Å². The van der Waals surface area contributed by atoms with Gasteiger partial charge in [-0.25, -0.2) is 0 Å². The van der Waals surface area contributed by atoms with E-state index in [9.17, 15) is 14.9 Å². The van der Waals surface area contributed by atoms with Crippen molar-refractivity contribution in [3.63, 3.8) is 0 Å². The zero-order valence-electron chi connectivity index (χ0n) is 20.1. The topological polar surface area (TPSA) is 115 Å². The van der Waals surface area contributed by atoms with E-state index in [1.54, 1.807) is 19.0 Å². The number of hydrogen-bond acceptors (Lipinski definition) is 9. The summed E-state index contributed by atoms with van der Waals surface area (Å²) < 4.78 is 5.15. The number of nitriles is 1. The molecule has 0 radical (unpaired) electrons. The normalized spacial score (nSPS) is 28.7. The highest BCUT2D eigenvalue weighted by Gasteiger charge is 2.53. The lowest BCUT2D eigenvalue weighted by Gasteiger charge is -2.38. The van der Waals surface area contributed by atoms with Gasteiger partial charge in [0.05, 0.1) is 36.2 Å². The molecule has 4 aliphatic rings. The second kappa shape index (κ2) is 10.0. The van der Waals surface area contributed by atoms with Crippen LogP contribution in [0.1, 0.15) is 42.9 Å². The number of aryl methyl sites for hydroxylation is 1. The van der Waals surface area contributed by atoms with Crippen LogP contribution in [0.2, 0.25) is 0 Å². The summed E-state index contributed by atoms with van der Waals surface area (Å²) in [5.41, 5.74) is 8.71. The van der Waals surface area contributed by atoms with Gasteiger partial charge in [-0.1, -0.05) is 6.07 Å². The van der Waals surface area contributed by atoms with Gasteiger partial charge in [0, 0.05) is 44.7 Å². The summed E-state index contributed by atoms with van der Waals surface area (Å²) in [6.07, 6.45) is 4.15. The van der Waals surface area contributed by atoms with Gasteiger partial charge in [-0.2, -0.15) is 10.3 Å². The summed E-state index contributed by atoms with van der Waals surface area (Å²) in [6.45, 7) is 1.67. The van der Waals surface area contributed by atoms with Gasteiger partial charge in [0.25, 0.3) is 0 Å². The van der Waals surface area contributed by atoms with Crippen molar-refractivity contribution in [2.75, 3.05) is 33.7 Å². The fourth-order valence-electron chi connectivity index (χ4n) is 6.04. The highest BCUT2D eigenvalue weighted by atomic mass is 32.2. The lowest BCUT2D eigenvalue weighted by Crippen LogP contribution is -2.56. The number of nitrogens with two attached hydrogens (primary N) is 1. The Kier molecular flexibility index (Phi) is 7.03. The molecule has 0 spiro atoms. The first kappa shape index (κ1) is 24.5. The fourth-order valence-corrected chi connectivity index (χ4v) is 6.58. The quantitative estimate of drug-likeness (QED) is 0.320. The number of rotatable bonds is 8. The van der Waals surface area contributed by atoms with Crippen molar-refractivity contribution in [2.24, 2.45) is 5.73 Å². The molecule has 3 heterocycles. The molecule has 0 aromatic heterocycles. The number of nitrogens with zero attached hydrogens (tertiary/aromatic N) is 5. The van der Waals surface area contributed by atoms with Crippen molar-refractivity contribution in [1.29, 1.82) is 5.26 Å². The second-order valence-electron chi connectivity index (χ2n) is 9.98. The van der Waals surface area contributed by atoms with E-state index in [1.807, 2.05) is 6.07 Å². The smallest absolute Gasteiger partial charge is 0.241 e. The number of likely N-dealkylation sites (tertiary alicyclic amines) is 3. The van der Waals surface area contributed by atoms with E-state index in [4.69, 9.17) is 15.1 Å². The van der Waals surface area contributed by atoms with Gasteiger partial charge in [-0.05, 0) is 55.4 Å². The van der Waals surface area contributed by atoms with Crippen LogP contribution in [0, 0.1) is 11.3 Å². The van der Waals surface area contributed by atoms with Crippen molar-refractivity contribution >= 4 is 23.9 Å². The first-order valence-corrected chi connectivity index (χ1v) is 12.9. The Hall–Kier alpha value is -2.20. The Balaban J connectivity index is 1.20. The van der Waals surface area contributed by atoms with Crippen molar-refractivity contribution in [3.05, 3.63) is 29.3 Å². The molecule has 5 atom stereocenters. The Bertz CT molecular complexity index is 1030. The molecule has 11 heteroatoms. The minimum atomic E-state index is -0.716. The molecule has 3 fully saturated rings. The number of benzene rings is 1. The lowest BCUT2D eigenvalue weighted by atomic mass is 10.1. The minimum Gasteiger partial charge on any atom is -0.330 e. The van der Waals surface area contributed by atoms with Gasteiger partial charge in [0.15, 0.2) is 0 Å². The van der Waals surface area contributed by atoms with Gasteiger partial charge >= 0.3 is 0 Å². The number of carbonyl (C=O) groups excluding carboxylic acids is 2. The predicted molar refractivity (Wildman–Crippen MR) is 128 cm³/mol. The maximum atomic E-state index is 13.4. The highest BCUT2D eigenvalue weighted by Crippen LogP contribution is 2.44. The third-order valence-electron chi connectivity index (χ3n) is 7.55. The summed E-state index contributed by atoms with van der Waals surface area (Å²) >= 11 is 1.17. The Labute approximate surface area is 210 Å². The molecule has 0 saturated carbocycles. The number of hydrogen-bond donors (Lipinski definition) is 1. The van der Waals surface area contributed by atoms with E-state index in [0.29, 0.717) is 19.5 Å². The number of piperazine rings is 1. The SMILES string of the molecule is CN(C)OOSc1ccc2c(c1)CC[C@H]2N1C(=O)[C@@H]2CC1CN2C[C@H](N)C(=O)N1CCC[C@H]1C#N. The second-order valence-corrected chi connectivity index (χ2v) is 10.8. The monoisotopic (exact) mass is 500 g/mol. The summed E-state index contributed by atoms with van der Waals surface area (Å²) in [4.78, 5) is 38.0. The van der Waals surface area contributed by atoms with Gasteiger partial charge in [-0.15, -0.1) is 9.32 Å².